The van der Waals surface area contributed by atoms with Crippen LogP contribution in [-0.4, -0.2) is 28.0 Å². The molecule has 1 N–H and O–H groups in total. The van der Waals surface area contributed by atoms with E-state index < -0.39 is 39.2 Å². The lowest BCUT2D eigenvalue weighted by Gasteiger charge is -2.25. The van der Waals surface area contributed by atoms with E-state index >= 15 is 0 Å². The fraction of sp³-hybridized carbons (Fsp3) is 0.174. The maximum atomic E-state index is 13.6. The van der Waals surface area contributed by atoms with Gasteiger partial charge in [-0.2, -0.15) is 13.2 Å². The van der Waals surface area contributed by atoms with Crippen LogP contribution < -0.4 is 14.4 Å². The van der Waals surface area contributed by atoms with Crippen LogP contribution in [0.15, 0.2) is 65.6 Å². The summed E-state index contributed by atoms with van der Waals surface area (Å²) < 4.78 is 72.8. The number of nitrogens with zero attached hydrogens (tertiary/aromatic N) is 1. The summed E-state index contributed by atoms with van der Waals surface area (Å²) in [5.74, 6) is -0.826. The number of halogens is 5. The molecule has 3 aromatic carbocycles. The number of carbonyl (C=O) groups is 1. The Hall–Kier alpha value is -2.95. The van der Waals surface area contributed by atoms with E-state index in [4.69, 9.17) is 27.9 Å². The van der Waals surface area contributed by atoms with E-state index in [2.05, 4.69) is 5.32 Å². The van der Waals surface area contributed by atoms with Gasteiger partial charge in [-0.3, -0.25) is 9.10 Å². The molecule has 3 aromatic rings. The number of rotatable bonds is 7. The van der Waals surface area contributed by atoms with Gasteiger partial charge in [0.2, 0.25) is 5.91 Å². The number of hydrogen-bond acceptors (Lipinski definition) is 4. The lowest BCUT2D eigenvalue weighted by atomic mass is 10.2. The van der Waals surface area contributed by atoms with E-state index in [9.17, 15) is 26.4 Å². The van der Waals surface area contributed by atoms with Gasteiger partial charge in [0.1, 0.15) is 17.2 Å². The highest BCUT2D eigenvalue weighted by Gasteiger charge is 2.34. The lowest BCUT2D eigenvalue weighted by Crippen LogP contribution is -2.38. The van der Waals surface area contributed by atoms with Gasteiger partial charge in [0, 0.05) is 10.7 Å². The maximum absolute atomic E-state index is 13.6. The van der Waals surface area contributed by atoms with Gasteiger partial charge in [-0.25, -0.2) is 8.42 Å². The molecule has 0 unspecified atom stereocenters. The second-order valence-corrected chi connectivity index (χ2v) is 10.1. The highest BCUT2D eigenvalue weighted by molar-refractivity contribution is 7.93. The van der Waals surface area contributed by atoms with Crippen LogP contribution in [0, 0.1) is 6.92 Å². The van der Waals surface area contributed by atoms with E-state index in [0.29, 0.717) is 16.7 Å². The average molecular weight is 547 g/mol. The smallest absolute Gasteiger partial charge is 0.417 e. The number of carbonyl (C=O) groups excluding carboxylic acids is 1. The van der Waals surface area contributed by atoms with E-state index in [1.165, 1.54) is 49.6 Å². The number of sulfonamides is 1. The van der Waals surface area contributed by atoms with Gasteiger partial charge in [0.15, 0.2) is 0 Å². The fourth-order valence-corrected chi connectivity index (χ4v) is 5.19. The van der Waals surface area contributed by atoms with Crippen LogP contribution in [0.5, 0.6) is 5.75 Å². The van der Waals surface area contributed by atoms with Crippen molar-refractivity contribution in [1.82, 2.24) is 0 Å². The van der Waals surface area contributed by atoms with Crippen LogP contribution in [0.2, 0.25) is 10.0 Å². The van der Waals surface area contributed by atoms with Crippen LogP contribution >= 0.6 is 23.2 Å². The zero-order valence-electron chi connectivity index (χ0n) is 18.4. The molecule has 1 amide bonds. The minimum atomic E-state index is -4.74. The molecule has 0 saturated heterocycles. The Balaban J connectivity index is 2.00. The van der Waals surface area contributed by atoms with Crippen LogP contribution in [0.4, 0.5) is 24.5 Å². The summed E-state index contributed by atoms with van der Waals surface area (Å²) in [5, 5.41) is 2.10. The third-order valence-electron chi connectivity index (χ3n) is 4.84. The van der Waals surface area contributed by atoms with Gasteiger partial charge in [-0.05, 0) is 67.1 Å². The number of hydrogen-bond donors (Lipinski definition) is 1. The summed E-state index contributed by atoms with van der Waals surface area (Å²) in [5.41, 5.74) is -0.595. The predicted octanol–water partition coefficient (Wildman–Crippen LogP) is 6.16. The predicted molar refractivity (Wildman–Crippen MR) is 129 cm³/mol. The maximum Gasteiger partial charge on any atom is 0.417 e. The van der Waals surface area contributed by atoms with Gasteiger partial charge in [-0.1, -0.05) is 29.3 Å². The van der Waals surface area contributed by atoms with Crippen molar-refractivity contribution >= 4 is 50.5 Å². The summed E-state index contributed by atoms with van der Waals surface area (Å²) in [4.78, 5) is 12.6. The van der Waals surface area contributed by atoms with Crippen LogP contribution in [0.3, 0.4) is 0 Å². The zero-order chi connectivity index (χ0) is 26.0. The van der Waals surface area contributed by atoms with Gasteiger partial charge < -0.3 is 10.1 Å². The van der Waals surface area contributed by atoms with Crippen molar-refractivity contribution in [2.45, 2.75) is 18.0 Å². The Morgan fingerprint density at radius 1 is 1.03 bits per heavy atom. The zero-order valence-corrected chi connectivity index (χ0v) is 20.7. The lowest BCUT2D eigenvalue weighted by molar-refractivity contribution is -0.137. The molecule has 0 fully saturated rings. The molecule has 0 aromatic heterocycles. The quantitative estimate of drug-likeness (QED) is 0.385. The molecule has 0 heterocycles. The van der Waals surface area contributed by atoms with E-state index in [1.807, 2.05) is 0 Å². The normalized spacial score (nSPS) is 11.7. The van der Waals surface area contributed by atoms with Crippen LogP contribution in [-0.2, 0) is 21.0 Å². The van der Waals surface area contributed by atoms with Crippen molar-refractivity contribution in [3.63, 3.8) is 0 Å². The molecular weight excluding hydrogens is 528 g/mol. The fourth-order valence-electron chi connectivity index (χ4n) is 3.18. The van der Waals surface area contributed by atoms with Crippen LogP contribution in [0.1, 0.15) is 11.1 Å². The number of alkyl halides is 3. The standard InChI is InChI=1S/C23H19Cl2F3N2O4S/c1-14-3-10-20(34-2)21(11-14)35(32,33)30(17-7-4-15(24)5-8-17)13-22(31)29-16-6-9-19(25)18(12-16)23(26,27)28/h3-12H,13H2,1-2H3,(H,29,31). The van der Waals surface area contributed by atoms with Gasteiger partial charge in [0.25, 0.3) is 10.0 Å². The second-order valence-electron chi connectivity index (χ2n) is 7.38. The molecule has 35 heavy (non-hydrogen) atoms. The van der Waals surface area contributed by atoms with Gasteiger partial charge >= 0.3 is 6.18 Å². The molecular formula is C23H19Cl2F3N2O4S. The number of anilines is 2. The molecule has 0 radical (unpaired) electrons. The highest BCUT2D eigenvalue weighted by Crippen LogP contribution is 2.36. The molecule has 6 nitrogen and oxygen atoms in total. The second kappa shape index (κ2) is 10.3. The molecule has 3 rings (SSSR count). The van der Waals surface area contributed by atoms with E-state index in [0.717, 1.165) is 10.4 Å². The third kappa shape index (κ3) is 6.19. The Morgan fingerprint density at radius 2 is 1.69 bits per heavy atom. The average Bonchev–Trinajstić information content (AvgIpc) is 2.78. The molecule has 0 aliphatic carbocycles. The van der Waals surface area contributed by atoms with E-state index in [-0.39, 0.29) is 22.0 Å². The Kier molecular flexibility index (Phi) is 7.88. The molecule has 186 valence electrons. The van der Waals surface area contributed by atoms with Gasteiger partial charge in [0.05, 0.1) is 23.4 Å². The van der Waals surface area contributed by atoms with Gasteiger partial charge in [-0.15, -0.1) is 0 Å². The summed E-state index contributed by atoms with van der Waals surface area (Å²) in [6.45, 7) is 0.946. The van der Waals surface area contributed by atoms with Crippen molar-refractivity contribution in [2.75, 3.05) is 23.3 Å². The van der Waals surface area contributed by atoms with Crippen molar-refractivity contribution in [1.29, 1.82) is 0 Å². The van der Waals surface area contributed by atoms with E-state index in [1.54, 1.807) is 13.0 Å². The number of amides is 1. The van der Waals surface area contributed by atoms with Crippen LogP contribution in [0.25, 0.3) is 0 Å². The Bertz CT molecular complexity index is 1350. The first-order chi connectivity index (χ1) is 16.3. The minimum absolute atomic E-state index is 0.0579. The largest absolute Gasteiger partial charge is 0.495 e. The Labute approximate surface area is 210 Å². The highest BCUT2D eigenvalue weighted by atomic mass is 35.5. The van der Waals surface area contributed by atoms with Crippen molar-refractivity contribution < 1.29 is 31.1 Å². The number of ether oxygens (including phenoxy) is 1. The summed E-state index contributed by atoms with van der Waals surface area (Å²) in [6, 6.07) is 13.1. The van der Waals surface area contributed by atoms with Crippen molar-refractivity contribution in [3.05, 3.63) is 81.8 Å². The Morgan fingerprint density at radius 3 is 2.29 bits per heavy atom. The molecule has 0 aliphatic heterocycles. The molecule has 0 saturated carbocycles. The molecule has 0 spiro atoms. The third-order valence-corrected chi connectivity index (χ3v) is 7.22. The molecule has 0 bridgehead atoms. The summed E-state index contributed by atoms with van der Waals surface area (Å²) >= 11 is 11.5. The summed E-state index contributed by atoms with van der Waals surface area (Å²) in [6.07, 6.45) is -4.74. The van der Waals surface area contributed by atoms with Crippen molar-refractivity contribution in [2.24, 2.45) is 0 Å². The SMILES string of the molecule is COc1ccc(C)cc1S(=O)(=O)N(CC(=O)Nc1ccc(Cl)c(C(F)(F)F)c1)c1ccc(Cl)cc1. The molecule has 0 atom stereocenters. The van der Waals surface area contributed by atoms with Crippen molar-refractivity contribution in [3.8, 4) is 5.75 Å². The number of methoxy groups -OCH3 is 1. The molecule has 0 aliphatic rings. The number of nitrogens with one attached hydrogen (secondary N) is 1. The topological polar surface area (TPSA) is 75.7 Å². The minimum Gasteiger partial charge on any atom is -0.495 e. The first kappa shape index (κ1) is 26.7. The first-order valence-electron chi connectivity index (χ1n) is 9.92. The monoisotopic (exact) mass is 546 g/mol. The molecule has 12 heteroatoms. The first-order valence-corrected chi connectivity index (χ1v) is 12.1. The summed E-state index contributed by atoms with van der Waals surface area (Å²) in [7, 11) is -3.05. The number of benzene rings is 3. The number of aryl methyl sites for hydroxylation is 1.